The van der Waals surface area contributed by atoms with Gasteiger partial charge in [0.05, 0.1) is 24.7 Å². The zero-order valence-electron chi connectivity index (χ0n) is 11.2. The molecule has 0 saturated carbocycles. The summed E-state index contributed by atoms with van der Waals surface area (Å²) in [6.07, 6.45) is 1.47. The number of nitrogen functional groups attached to an aromatic ring is 1. The summed E-state index contributed by atoms with van der Waals surface area (Å²) in [5, 5.41) is 6.83. The molecular formula is C13H15BrN4O2. The van der Waals surface area contributed by atoms with Gasteiger partial charge in [-0.1, -0.05) is 15.9 Å². The number of amides is 1. The fourth-order valence-corrected chi connectivity index (χ4v) is 2.21. The monoisotopic (exact) mass is 338 g/mol. The van der Waals surface area contributed by atoms with E-state index < -0.39 is 0 Å². The van der Waals surface area contributed by atoms with Crippen LogP contribution in [0.3, 0.4) is 0 Å². The second kappa shape index (κ2) is 5.96. The molecule has 7 heteroatoms. The molecule has 1 aromatic heterocycles. The van der Waals surface area contributed by atoms with Gasteiger partial charge < -0.3 is 15.8 Å². The van der Waals surface area contributed by atoms with E-state index in [2.05, 4.69) is 26.3 Å². The molecule has 0 aliphatic heterocycles. The zero-order valence-corrected chi connectivity index (χ0v) is 12.8. The first kappa shape index (κ1) is 14.4. The molecule has 20 heavy (non-hydrogen) atoms. The molecule has 3 N–H and O–H groups in total. The van der Waals surface area contributed by atoms with E-state index in [4.69, 9.17) is 10.5 Å². The van der Waals surface area contributed by atoms with Gasteiger partial charge >= 0.3 is 0 Å². The van der Waals surface area contributed by atoms with Crippen LogP contribution >= 0.6 is 15.9 Å². The number of benzene rings is 1. The minimum atomic E-state index is -0.321. The maximum absolute atomic E-state index is 12.3. The molecule has 1 amide bonds. The van der Waals surface area contributed by atoms with Gasteiger partial charge in [0, 0.05) is 11.0 Å². The molecule has 1 aromatic carbocycles. The third-order valence-corrected chi connectivity index (χ3v) is 3.29. The SMILES string of the molecule is CCn1ncc(N)c1C(=O)Nc1cc(Br)ccc1OC. The van der Waals surface area contributed by atoms with Gasteiger partial charge in [-0.15, -0.1) is 0 Å². The summed E-state index contributed by atoms with van der Waals surface area (Å²) in [7, 11) is 1.55. The average molecular weight is 339 g/mol. The quantitative estimate of drug-likeness (QED) is 0.897. The van der Waals surface area contributed by atoms with Crippen LogP contribution in [0.4, 0.5) is 11.4 Å². The number of ether oxygens (including phenoxy) is 1. The number of carbonyl (C=O) groups is 1. The minimum absolute atomic E-state index is 0.321. The Morgan fingerprint density at radius 1 is 1.55 bits per heavy atom. The Labute approximate surface area is 125 Å². The number of methoxy groups -OCH3 is 1. The van der Waals surface area contributed by atoms with E-state index in [0.717, 1.165) is 4.47 Å². The number of aromatic nitrogens is 2. The number of anilines is 2. The Bertz CT molecular complexity index is 639. The number of hydrogen-bond donors (Lipinski definition) is 2. The fraction of sp³-hybridized carbons (Fsp3) is 0.231. The molecule has 6 nitrogen and oxygen atoms in total. The van der Waals surface area contributed by atoms with Crippen LogP contribution in [-0.4, -0.2) is 22.8 Å². The van der Waals surface area contributed by atoms with Gasteiger partial charge in [0.15, 0.2) is 0 Å². The van der Waals surface area contributed by atoms with E-state index in [9.17, 15) is 4.79 Å². The summed E-state index contributed by atoms with van der Waals surface area (Å²) in [6.45, 7) is 2.46. The highest BCUT2D eigenvalue weighted by molar-refractivity contribution is 9.10. The van der Waals surface area contributed by atoms with Crippen molar-refractivity contribution in [1.82, 2.24) is 9.78 Å². The van der Waals surface area contributed by atoms with Gasteiger partial charge in [-0.2, -0.15) is 5.10 Å². The van der Waals surface area contributed by atoms with E-state index in [1.54, 1.807) is 23.9 Å². The molecule has 0 radical (unpaired) electrons. The van der Waals surface area contributed by atoms with Crippen molar-refractivity contribution in [3.63, 3.8) is 0 Å². The maximum Gasteiger partial charge on any atom is 0.276 e. The molecule has 106 valence electrons. The molecule has 0 unspecified atom stereocenters. The Balaban J connectivity index is 2.32. The summed E-state index contributed by atoms with van der Waals surface area (Å²) in [4.78, 5) is 12.3. The van der Waals surface area contributed by atoms with Crippen molar-refractivity contribution >= 4 is 33.2 Å². The van der Waals surface area contributed by atoms with Crippen molar-refractivity contribution in [3.05, 3.63) is 34.6 Å². The van der Waals surface area contributed by atoms with E-state index in [-0.39, 0.29) is 5.91 Å². The number of nitrogens with two attached hydrogens (primary N) is 1. The van der Waals surface area contributed by atoms with Gasteiger partial charge in [0.25, 0.3) is 5.91 Å². The average Bonchev–Trinajstić information content (AvgIpc) is 2.80. The van der Waals surface area contributed by atoms with E-state index >= 15 is 0 Å². The summed E-state index contributed by atoms with van der Waals surface area (Å²) in [6, 6.07) is 5.36. The van der Waals surface area contributed by atoms with Crippen molar-refractivity contribution < 1.29 is 9.53 Å². The van der Waals surface area contributed by atoms with Gasteiger partial charge in [0.2, 0.25) is 0 Å². The zero-order chi connectivity index (χ0) is 14.7. The summed E-state index contributed by atoms with van der Waals surface area (Å²) in [5.41, 5.74) is 7.04. The predicted molar refractivity (Wildman–Crippen MR) is 81.0 cm³/mol. The smallest absolute Gasteiger partial charge is 0.276 e. The van der Waals surface area contributed by atoms with Crippen molar-refractivity contribution in [2.24, 2.45) is 0 Å². The molecule has 1 heterocycles. The van der Waals surface area contributed by atoms with Crippen LogP contribution in [0, 0.1) is 0 Å². The van der Waals surface area contributed by atoms with Crippen LogP contribution in [0.5, 0.6) is 5.75 Å². The number of hydrogen-bond acceptors (Lipinski definition) is 4. The number of rotatable bonds is 4. The van der Waals surface area contributed by atoms with Crippen LogP contribution in [-0.2, 0) is 6.54 Å². The third-order valence-electron chi connectivity index (χ3n) is 2.79. The van der Waals surface area contributed by atoms with Gasteiger partial charge in [-0.3, -0.25) is 9.48 Å². The Morgan fingerprint density at radius 2 is 2.30 bits per heavy atom. The molecule has 2 aromatic rings. The minimum Gasteiger partial charge on any atom is -0.495 e. The second-order valence-electron chi connectivity index (χ2n) is 4.06. The highest BCUT2D eigenvalue weighted by atomic mass is 79.9. The van der Waals surface area contributed by atoms with Crippen molar-refractivity contribution in [2.75, 3.05) is 18.2 Å². The normalized spacial score (nSPS) is 10.3. The van der Waals surface area contributed by atoms with Gasteiger partial charge in [0.1, 0.15) is 11.4 Å². The largest absolute Gasteiger partial charge is 0.495 e. The van der Waals surface area contributed by atoms with Gasteiger partial charge in [-0.05, 0) is 25.1 Å². The lowest BCUT2D eigenvalue weighted by atomic mass is 10.2. The van der Waals surface area contributed by atoms with E-state index in [1.807, 2.05) is 13.0 Å². The van der Waals surface area contributed by atoms with Crippen molar-refractivity contribution in [2.45, 2.75) is 13.5 Å². The highest BCUT2D eigenvalue weighted by Crippen LogP contribution is 2.28. The molecule has 0 fully saturated rings. The standard InChI is InChI=1S/C13H15BrN4O2/c1-3-18-12(9(15)7-16-18)13(19)17-10-6-8(14)4-5-11(10)20-2/h4-7H,3,15H2,1-2H3,(H,17,19). The van der Waals surface area contributed by atoms with Crippen LogP contribution in [0.25, 0.3) is 0 Å². The molecule has 0 aliphatic rings. The second-order valence-corrected chi connectivity index (χ2v) is 4.98. The molecule has 0 aliphatic carbocycles. The number of nitrogens with zero attached hydrogens (tertiary/aromatic N) is 2. The molecule has 0 bridgehead atoms. The third kappa shape index (κ3) is 2.77. The number of aryl methyl sites for hydroxylation is 1. The van der Waals surface area contributed by atoms with E-state index in [0.29, 0.717) is 29.4 Å². The maximum atomic E-state index is 12.3. The first-order valence-electron chi connectivity index (χ1n) is 6.03. The summed E-state index contributed by atoms with van der Waals surface area (Å²) in [5.74, 6) is 0.251. The van der Waals surface area contributed by atoms with Gasteiger partial charge in [-0.25, -0.2) is 0 Å². The Hall–Kier alpha value is -2.02. The topological polar surface area (TPSA) is 82.2 Å². The van der Waals surface area contributed by atoms with Crippen molar-refractivity contribution in [3.8, 4) is 5.75 Å². The molecule has 0 atom stereocenters. The number of halogens is 1. The molecule has 2 rings (SSSR count). The Morgan fingerprint density at radius 3 is 2.95 bits per heavy atom. The first-order chi connectivity index (χ1) is 9.56. The predicted octanol–water partition coefficient (Wildman–Crippen LogP) is 2.51. The van der Waals surface area contributed by atoms with Crippen LogP contribution < -0.4 is 15.8 Å². The number of nitrogens with one attached hydrogen (secondary N) is 1. The van der Waals surface area contributed by atoms with Crippen LogP contribution in [0.2, 0.25) is 0 Å². The summed E-state index contributed by atoms with van der Waals surface area (Å²) >= 11 is 3.36. The fourth-order valence-electron chi connectivity index (χ4n) is 1.85. The van der Waals surface area contributed by atoms with Crippen LogP contribution in [0.15, 0.2) is 28.9 Å². The molecular weight excluding hydrogens is 324 g/mol. The highest BCUT2D eigenvalue weighted by Gasteiger charge is 2.17. The lowest BCUT2D eigenvalue weighted by molar-refractivity contribution is 0.101. The van der Waals surface area contributed by atoms with Crippen molar-refractivity contribution in [1.29, 1.82) is 0 Å². The lowest BCUT2D eigenvalue weighted by Gasteiger charge is -2.11. The summed E-state index contributed by atoms with van der Waals surface area (Å²) < 4.78 is 7.61. The van der Waals surface area contributed by atoms with E-state index in [1.165, 1.54) is 6.20 Å². The molecule has 0 saturated heterocycles. The first-order valence-corrected chi connectivity index (χ1v) is 6.82. The number of carbonyl (C=O) groups excluding carboxylic acids is 1. The lowest BCUT2D eigenvalue weighted by Crippen LogP contribution is -2.19. The molecule has 0 spiro atoms. The Kier molecular flexibility index (Phi) is 4.29. The van der Waals surface area contributed by atoms with Crippen LogP contribution in [0.1, 0.15) is 17.4 Å².